The van der Waals surface area contributed by atoms with Crippen molar-refractivity contribution in [2.45, 2.75) is 45.4 Å². The van der Waals surface area contributed by atoms with Gasteiger partial charge in [0.1, 0.15) is 5.82 Å². The lowest BCUT2D eigenvalue weighted by Crippen LogP contribution is -2.37. The minimum absolute atomic E-state index is 0.0167. The van der Waals surface area contributed by atoms with Gasteiger partial charge in [0.2, 0.25) is 11.0 Å². The molecule has 6 heteroatoms. The fourth-order valence-electron chi connectivity index (χ4n) is 2.34. The zero-order valence-electron chi connectivity index (χ0n) is 11.8. The average molecular weight is 282 g/mol. The average Bonchev–Trinajstić information content (AvgIpc) is 2.77. The summed E-state index contributed by atoms with van der Waals surface area (Å²) in [6, 6.07) is 0. The molecule has 1 aliphatic rings. The fourth-order valence-corrected chi connectivity index (χ4v) is 3.23. The van der Waals surface area contributed by atoms with Crippen LogP contribution in [0.2, 0.25) is 0 Å². The molecule has 0 aromatic carbocycles. The summed E-state index contributed by atoms with van der Waals surface area (Å²) < 4.78 is 4.45. The predicted octanol–water partition coefficient (Wildman–Crippen LogP) is 1.93. The Kier molecular flexibility index (Phi) is 4.08. The molecule has 1 aromatic heterocycles. The molecule has 0 radical (unpaired) electrons. The molecular weight excluding hydrogens is 260 g/mol. The van der Waals surface area contributed by atoms with E-state index in [1.165, 1.54) is 11.5 Å². The molecule has 1 unspecified atom stereocenters. The van der Waals surface area contributed by atoms with Gasteiger partial charge in [-0.25, -0.2) is 4.98 Å². The first-order valence-electron chi connectivity index (χ1n) is 6.73. The number of primary amides is 1. The van der Waals surface area contributed by atoms with E-state index in [0.29, 0.717) is 12.3 Å². The molecule has 1 saturated heterocycles. The summed E-state index contributed by atoms with van der Waals surface area (Å²) in [7, 11) is 0. The fraction of sp³-hybridized carbons (Fsp3) is 0.769. The topological polar surface area (TPSA) is 72.1 Å². The highest BCUT2D eigenvalue weighted by Gasteiger charge is 2.26. The summed E-state index contributed by atoms with van der Waals surface area (Å²) in [4.78, 5) is 17.9. The number of nitrogens with zero attached hydrogens (tertiary/aromatic N) is 3. The molecule has 2 heterocycles. The number of amides is 1. The van der Waals surface area contributed by atoms with Gasteiger partial charge in [0.05, 0.1) is 0 Å². The highest BCUT2D eigenvalue weighted by Crippen LogP contribution is 2.29. The Hall–Kier alpha value is -1.17. The number of aromatic nitrogens is 2. The van der Waals surface area contributed by atoms with E-state index < -0.39 is 0 Å². The van der Waals surface area contributed by atoms with Crippen LogP contribution in [0.15, 0.2) is 0 Å². The molecule has 0 saturated carbocycles. The summed E-state index contributed by atoms with van der Waals surface area (Å²) in [5.74, 6) is 1.04. The van der Waals surface area contributed by atoms with E-state index in [1.54, 1.807) is 0 Å². The second-order valence-corrected chi connectivity index (χ2v) is 7.01. The molecule has 0 aliphatic carbocycles. The van der Waals surface area contributed by atoms with Crippen LogP contribution in [-0.4, -0.2) is 28.4 Å². The van der Waals surface area contributed by atoms with Crippen molar-refractivity contribution in [3.05, 3.63) is 5.82 Å². The van der Waals surface area contributed by atoms with Crippen molar-refractivity contribution in [2.75, 3.05) is 18.0 Å². The van der Waals surface area contributed by atoms with Gasteiger partial charge in [0.25, 0.3) is 0 Å². The van der Waals surface area contributed by atoms with Gasteiger partial charge in [-0.1, -0.05) is 20.8 Å². The first kappa shape index (κ1) is 14.2. The van der Waals surface area contributed by atoms with Crippen LogP contribution >= 0.6 is 11.5 Å². The Morgan fingerprint density at radius 2 is 2.26 bits per heavy atom. The van der Waals surface area contributed by atoms with Gasteiger partial charge in [-0.2, -0.15) is 4.37 Å². The van der Waals surface area contributed by atoms with E-state index >= 15 is 0 Å². The van der Waals surface area contributed by atoms with Crippen LogP contribution in [0.25, 0.3) is 0 Å². The lowest BCUT2D eigenvalue weighted by atomic mass is 9.95. The summed E-state index contributed by atoms with van der Waals surface area (Å²) in [5.41, 5.74) is 5.27. The number of rotatable bonds is 3. The zero-order chi connectivity index (χ0) is 14.0. The van der Waals surface area contributed by atoms with Gasteiger partial charge >= 0.3 is 0 Å². The van der Waals surface area contributed by atoms with Gasteiger partial charge in [0, 0.05) is 36.5 Å². The standard InChI is InChI=1S/C13H22N4OS/c1-13(2,3)11-15-12(19-16-11)17-6-4-5-9(8-17)7-10(14)18/h9H,4-8H2,1-3H3,(H2,14,18). The summed E-state index contributed by atoms with van der Waals surface area (Å²) >= 11 is 1.45. The first-order chi connectivity index (χ1) is 8.86. The van der Waals surface area contributed by atoms with Crippen LogP contribution in [0.3, 0.4) is 0 Å². The molecule has 1 aromatic rings. The minimum atomic E-state index is -0.209. The van der Waals surface area contributed by atoms with Crippen LogP contribution < -0.4 is 10.6 Å². The molecule has 1 aliphatic heterocycles. The smallest absolute Gasteiger partial charge is 0.217 e. The second kappa shape index (κ2) is 5.45. The van der Waals surface area contributed by atoms with Crippen LogP contribution in [-0.2, 0) is 10.2 Å². The molecule has 2 N–H and O–H groups in total. The van der Waals surface area contributed by atoms with Crippen LogP contribution in [0.5, 0.6) is 0 Å². The van der Waals surface area contributed by atoms with Crippen molar-refractivity contribution < 1.29 is 4.79 Å². The number of anilines is 1. The Labute approximate surface area is 118 Å². The van der Waals surface area contributed by atoms with Crippen LogP contribution in [0.1, 0.15) is 45.9 Å². The van der Waals surface area contributed by atoms with Gasteiger partial charge in [-0.15, -0.1) is 0 Å². The maximum atomic E-state index is 11.0. The maximum Gasteiger partial charge on any atom is 0.217 e. The highest BCUT2D eigenvalue weighted by atomic mass is 32.1. The molecule has 2 rings (SSSR count). The number of carbonyl (C=O) groups is 1. The van der Waals surface area contributed by atoms with Gasteiger partial charge < -0.3 is 10.6 Å². The van der Waals surface area contributed by atoms with Crippen molar-refractivity contribution >= 4 is 22.6 Å². The molecule has 1 atom stereocenters. The van der Waals surface area contributed by atoms with Crippen molar-refractivity contribution in [3.8, 4) is 0 Å². The molecule has 1 fully saturated rings. The Morgan fingerprint density at radius 3 is 2.84 bits per heavy atom. The first-order valence-corrected chi connectivity index (χ1v) is 7.51. The number of hydrogen-bond donors (Lipinski definition) is 1. The predicted molar refractivity (Wildman–Crippen MR) is 77.4 cm³/mol. The third kappa shape index (κ3) is 3.65. The summed E-state index contributed by atoms with van der Waals surface area (Å²) in [6.45, 7) is 8.20. The van der Waals surface area contributed by atoms with E-state index in [2.05, 4.69) is 35.0 Å². The third-order valence-electron chi connectivity index (χ3n) is 3.37. The normalized spacial score (nSPS) is 20.6. The molecule has 0 bridgehead atoms. The van der Waals surface area contributed by atoms with E-state index in [9.17, 15) is 4.79 Å². The van der Waals surface area contributed by atoms with E-state index in [4.69, 9.17) is 5.73 Å². The summed E-state index contributed by atoms with van der Waals surface area (Å²) in [6.07, 6.45) is 2.63. The van der Waals surface area contributed by atoms with E-state index in [1.807, 2.05) is 0 Å². The van der Waals surface area contributed by atoms with Crippen molar-refractivity contribution in [1.82, 2.24) is 9.36 Å². The maximum absolute atomic E-state index is 11.0. The van der Waals surface area contributed by atoms with Crippen molar-refractivity contribution in [2.24, 2.45) is 11.7 Å². The van der Waals surface area contributed by atoms with Crippen LogP contribution in [0, 0.1) is 5.92 Å². The van der Waals surface area contributed by atoms with Gasteiger partial charge in [-0.05, 0) is 18.8 Å². The molecule has 0 spiro atoms. The molecule has 106 valence electrons. The molecule has 19 heavy (non-hydrogen) atoms. The monoisotopic (exact) mass is 282 g/mol. The lowest BCUT2D eigenvalue weighted by Gasteiger charge is -2.31. The van der Waals surface area contributed by atoms with Gasteiger partial charge in [-0.3, -0.25) is 4.79 Å². The molecular formula is C13H22N4OS. The number of piperidine rings is 1. The second-order valence-electron chi connectivity index (χ2n) is 6.28. The summed E-state index contributed by atoms with van der Waals surface area (Å²) in [5, 5.41) is 0.971. The Bertz CT molecular complexity index is 452. The zero-order valence-corrected chi connectivity index (χ0v) is 12.7. The quantitative estimate of drug-likeness (QED) is 0.919. The Morgan fingerprint density at radius 1 is 1.53 bits per heavy atom. The van der Waals surface area contributed by atoms with Gasteiger partial charge in [0.15, 0.2) is 0 Å². The lowest BCUT2D eigenvalue weighted by molar-refractivity contribution is -0.118. The minimum Gasteiger partial charge on any atom is -0.370 e. The highest BCUT2D eigenvalue weighted by molar-refractivity contribution is 7.09. The molecule has 5 nitrogen and oxygen atoms in total. The third-order valence-corrected chi connectivity index (χ3v) is 4.14. The van der Waals surface area contributed by atoms with E-state index in [0.717, 1.165) is 36.9 Å². The molecule has 1 amide bonds. The van der Waals surface area contributed by atoms with Crippen molar-refractivity contribution in [1.29, 1.82) is 0 Å². The SMILES string of the molecule is CC(C)(C)c1nsc(N2CCCC(CC(N)=O)C2)n1. The number of nitrogens with two attached hydrogens (primary N) is 1. The van der Waals surface area contributed by atoms with Crippen LogP contribution in [0.4, 0.5) is 5.13 Å². The van der Waals surface area contributed by atoms with E-state index in [-0.39, 0.29) is 11.3 Å². The Balaban J connectivity index is 2.05. The number of carbonyl (C=O) groups excluding carboxylic acids is 1. The van der Waals surface area contributed by atoms with Crippen molar-refractivity contribution in [3.63, 3.8) is 0 Å². The largest absolute Gasteiger partial charge is 0.370 e. The number of hydrogen-bond acceptors (Lipinski definition) is 5.